The predicted octanol–water partition coefficient (Wildman–Crippen LogP) is -0.825. The maximum Gasteiger partial charge on any atom is 0.160 e. The maximum absolute atomic E-state index is 9.94. The molecule has 0 radical (unpaired) electrons. The summed E-state index contributed by atoms with van der Waals surface area (Å²) in [4.78, 5) is 6.30. The molecule has 0 aliphatic carbocycles. The summed E-state index contributed by atoms with van der Waals surface area (Å²) in [7, 11) is 3.81. The Labute approximate surface area is 103 Å². The van der Waals surface area contributed by atoms with E-state index in [-0.39, 0.29) is 22.5 Å². The molecule has 7 heteroatoms. The first-order chi connectivity index (χ1) is 7.54. The van der Waals surface area contributed by atoms with E-state index in [4.69, 9.17) is 5.11 Å². The van der Waals surface area contributed by atoms with Crippen LogP contribution in [0.1, 0.15) is 0 Å². The van der Waals surface area contributed by atoms with Gasteiger partial charge in [-0.15, -0.1) is 11.8 Å². The van der Waals surface area contributed by atoms with E-state index >= 15 is 0 Å². The topological polar surface area (TPSA) is 76.3 Å². The zero-order valence-electron chi connectivity index (χ0n) is 9.15. The van der Waals surface area contributed by atoms with Crippen LogP contribution in [0.15, 0.2) is 4.99 Å². The molecule has 0 saturated carbocycles. The summed E-state index contributed by atoms with van der Waals surface area (Å²) < 4.78 is 0.0907. The Hall–Kier alpha value is 0.0500. The number of amidine groups is 1. The summed E-state index contributed by atoms with van der Waals surface area (Å²) in [6.45, 7) is -0.121. The van der Waals surface area contributed by atoms with Crippen LogP contribution in [-0.2, 0) is 0 Å². The lowest BCUT2D eigenvalue weighted by molar-refractivity contribution is -0.00545. The Morgan fingerprint density at radius 1 is 1.31 bits per heavy atom. The molecular weight excluding hydrogens is 248 g/mol. The number of aliphatic hydroxyl groups is 3. The van der Waals surface area contributed by atoms with Gasteiger partial charge in [-0.2, -0.15) is 0 Å². The zero-order valence-corrected chi connectivity index (χ0v) is 10.8. The largest absolute Gasteiger partial charge is 0.395 e. The van der Waals surface area contributed by atoms with Crippen molar-refractivity contribution in [2.75, 3.05) is 20.7 Å². The van der Waals surface area contributed by atoms with Crippen LogP contribution in [0.25, 0.3) is 0 Å². The van der Waals surface area contributed by atoms with Crippen molar-refractivity contribution in [3.05, 3.63) is 0 Å². The molecule has 0 spiro atoms. The average molecular weight is 264 g/mol. The molecule has 2 aliphatic heterocycles. The molecule has 0 aromatic carbocycles. The number of hydrogen-bond acceptors (Lipinski definition) is 7. The van der Waals surface area contributed by atoms with Crippen LogP contribution in [0.2, 0.25) is 0 Å². The fourth-order valence-electron chi connectivity index (χ4n) is 1.78. The average Bonchev–Trinajstić information content (AvgIpc) is 2.67. The van der Waals surface area contributed by atoms with Crippen molar-refractivity contribution in [1.82, 2.24) is 4.90 Å². The standard InChI is InChI=1S/C9H16N2O3S2/c1-11(2)9-10-5-7(14)6(13)4(3-12)15-8(5)16-9/h4-8,12-14H,3H2,1-2H3/t4?,5?,6?,7?,8-/m1/s1. The summed E-state index contributed by atoms with van der Waals surface area (Å²) in [5, 5.41) is 29.4. The summed E-state index contributed by atoms with van der Waals surface area (Å²) in [6, 6.07) is -0.273. The Morgan fingerprint density at radius 2 is 2.00 bits per heavy atom. The number of hydrogen-bond donors (Lipinski definition) is 3. The quantitative estimate of drug-likeness (QED) is 0.574. The smallest absolute Gasteiger partial charge is 0.160 e. The third kappa shape index (κ3) is 2.06. The van der Waals surface area contributed by atoms with Gasteiger partial charge < -0.3 is 20.2 Å². The lowest BCUT2D eigenvalue weighted by atomic mass is 10.0. The minimum absolute atomic E-state index is 0.0907. The lowest BCUT2D eigenvalue weighted by Gasteiger charge is -2.36. The lowest BCUT2D eigenvalue weighted by Crippen LogP contribution is -2.51. The number of aliphatic imine (C=N–C) groups is 1. The van der Waals surface area contributed by atoms with Crippen molar-refractivity contribution in [3.8, 4) is 0 Å². The highest BCUT2D eigenvalue weighted by molar-refractivity contribution is 8.25. The second kappa shape index (κ2) is 4.73. The number of fused-ring (bicyclic) bond motifs is 1. The monoisotopic (exact) mass is 264 g/mol. The van der Waals surface area contributed by atoms with Gasteiger partial charge in [0.15, 0.2) is 5.17 Å². The van der Waals surface area contributed by atoms with Gasteiger partial charge in [0.25, 0.3) is 0 Å². The minimum atomic E-state index is -0.901. The van der Waals surface area contributed by atoms with Crippen LogP contribution < -0.4 is 0 Å². The second-order valence-corrected chi connectivity index (χ2v) is 6.91. The van der Waals surface area contributed by atoms with Crippen molar-refractivity contribution < 1.29 is 15.3 Å². The van der Waals surface area contributed by atoms with Gasteiger partial charge in [-0.05, 0) is 0 Å². The van der Waals surface area contributed by atoms with Crippen molar-refractivity contribution >= 4 is 28.7 Å². The van der Waals surface area contributed by atoms with Crippen LogP contribution in [0, 0.1) is 0 Å². The van der Waals surface area contributed by atoms with Gasteiger partial charge in [0.2, 0.25) is 0 Å². The number of rotatable bonds is 1. The van der Waals surface area contributed by atoms with Gasteiger partial charge in [-0.3, -0.25) is 4.99 Å². The van der Waals surface area contributed by atoms with E-state index < -0.39 is 12.2 Å². The first-order valence-corrected chi connectivity index (χ1v) is 6.91. The van der Waals surface area contributed by atoms with Crippen LogP contribution in [0.5, 0.6) is 0 Å². The highest BCUT2D eigenvalue weighted by Gasteiger charge is 2.47. The predicted molar refractivity (Wildman–Crippen MR) is 66.8 cm³/mol. The summed E-state index contributed by atoms with van der Waals surface area (Å²) in [5.74, 6) is 0. The normalized spacial score (nSPS) is 42.8. The molecule has 5 atom stereocenters. The van der Waals surface area contributed by atoms with E-state index in [1.54, 1.807) is 11.8 Å². The van der Waals surface area contributed by atoms with Gasteiger partial charge in [0.05, 0.1) is 22.5 Å². The molecule has 4 unspecified atom stereocenters. The van der Waals surface area contributed by atoms with E-state index in [1.165, 1.54) is 11.8 Å². The van der Waals surface area contributed by atoms with Crippen molar-refractivity contribution in [1.29, 1.82) is 0 Å². The number of nitrogens with zero attached hydrogens (tertiary/aromatic N) is 2. The first kappa shape index (κ1) is 12.5. The molecule has 2 rings (SSSR count). The van der Waals surface area contributed by atoms with E-state index in [0.29, 0.717) is 0 Å². The highest BCUT2D eigenvalue weighted by atomic mass is 32.2. The molecule has 5 nitrogen and oxygen atoms in total. The molecule has 16 heavy (non-hydrogen) atoms. The molecule has 0 aromatic heterocycles. The van der Waals surface area contributed by atoms with Gasteiger partial charge >= 0.3 is 0 Å². The van der Waals surface area contributed by atoms with E-state index in [2.05, 4.69) is 4.99 Å². The fourth-order valence-corrected chi connectivity index (χ4v) is 4.79. The molecule has 0 amide bonds. The summed E-state index contributed by atoms with van der Waals surface area (Å²) in [6.07, 6.45) is -1.78. The summed E-state index contributed by atoms with van der Waals surface area (Å²) >= 11 is 3.08. The molecule has 1 fully saturated rings. The van der Waals surface area contributed by atoms with Gasteiger partial charge in [0, 0.05) is 14.1 Å². The summed E-state index contributed by atoms with van der Waals surface area (Å²) in [5.41, 5.74) is 0. The minimum Gasteiger partial charge on any atom is -0.395 e. The second-order valence-electron chi connectivity index (χ2n) is 4.12. The number of aliphatic hydroxyl groups excluding tert-OH is 3. The molecule has 2 aliphatic rings. The van der Waals surface area contributed by atoms with Crippen LogP contribution in [0.4, 0.5) is 0 Å². The van der Waals surface area contributed by atoms with E-state index in [9.17, 15) is 10.2 Å². The molecule has 92 valence electrons. The molecule has 2 heterocycles. The Kier molecular flexibility index (Phi) is 3.70. The van der Waals surface area contributed by atoms with Crippen LogP contribution in [0.3, 0.4) is 0 Å². The van der Waals surface area contributed by atoms with Gasteiger partial charge in [-0.25, -0.2) is 0 Å². The third-order valence-corrected chi connectivity index (χ3v) is 5.85. The Morgan fingerprint density at radius 3 is 2.56 bits per heavy atom. The van der Waals surface area contributed by atoms with Gasteiger partial charge in [-0.1, -0.05) is 11.8 Å². The SMILES string of the molecule is CN(C)C1=NC2C(O)C(O)C(CO)S[C@@H]2S1. The van der Waals surface area contributed by atoms with Crippen molar-refractivity contribution in [3.63, 3.8) is 0 Å². The number of thioether (sulfide) groups is 2. The van der Waals surface area contributed by atoms with E-state index in [1.807, 2.05) is 19.0 Å². The van der Waals surface area contributed by atoms with Gasteiger partial charge in [0.1, 0.15) is 12.1 Å². The maximum atomic E-state index is 9.94. The Balaban J connectivity index is 2.14. The molecule has 1 saturated heterocycles. The fraction of sp³-hybridized carbons (Fsp3) is 0.889. The van der Waals surface area contributed by atoms with Crippen LogP contribution >= 0.6 is 23.5 Å². The third-order valence-electron chi connectivity index (χ3n) is 2.71. The highest BCUT2D eigenvalue weighted by Crippen LogP contribution is 2.44. The van der Waals surface area contributed by atoms with Crippen molar-refractivity contribution in [2.24, 2.45) is 4.99 Å². The molecule has 0 aromatic rings. The zero-order chi connectivity index (χ0) is 11.9. The molecule has 3 N–H and O–H groups in total. The molecular formula is C9H16N2O3S2. The Bertz CT molecular complexity index is 300. The van der Waals surface area contributed by atoms with E-state index in [0.717, 1.165) is 5.17 Å². The first-order valence-electron chi connectivity index (χ1n) is 5.09. The van der Waals surface area contributed by atoms with Crippen LogP contribution in [-0.4, -0.2) is 74.2 Å². The van der Waals surface area contributed by atoms with Crippen molar-refractivity contribution in [2.45, 2.75) is 28.1 Å². The molecule has 0 bridgehead atoms.